The van der Waals surface area contributed by atoms with Gasteiger partial charge < -0.3 is 20.5 Å². The highest BCUT2D eigenvalue weighted by molar-refractivity contribution is 5.87. The van der Waals surface area contributed by atoms with Crippen LogP contribution in [0.15, 0.2) is 48.5 Å². The van der Waals surface area contributed by atoms with Crippen LogP contribution in [0.5, 0.6) is 0 Å². The molecule has 2 amide bonds. The molecule has 4 aliphatic rings. The van der Waals surface area contributed by atoms with Gasteiger partial charge in [0.25, 0.3) is 0 Å². The molecular weight excluding hydrogens is 444 g/mol. The zero-order valence-electron chi connectivity index (χ0n) is 19.5. The summed E-state index contributed by atoms with van der Waals surface area (Å²) in [6.07, 6.45) is 4.09. The van der Waals surface area contributed by atoms with Crippen LogP contribution in [0, 0.1) is 17.3 Å². The average Bonchev–Trinajstić information content (AvgIpc) is 3.25. The zero-order valence-corrected chi connectivity index (χ0v) is 19.5. The fourth-order valence-electron chi connectivity index (χ4n) is 6.49. The Balaban J connectivity index is 1.09. The number of aliphatic carboxylic acids is 1. The quantitative estimate of drug-likeness (QED) is 0.561. The Morgan fingerprint density at radius 2 is 1.66 bits per heavy atom. The summed E-state index contributed by atoms with van der Waals surface area (Å²) >= 11 is 0. The van der Waals surface area contributed by atoms with Crippen LogP contribution in [-0.2, 0) is 14.3 Å². The molecule has 7 heteroatoms. The number of carbonyl (C=O) groups is 3. The van der Waals surface area contributed by atoms with Gasteiger partial charge in [-0.1, -0.05) is 55.0 Å². The van der Waals surface area contributed by atoms with Gasteiger partial charge in [0.15, 0.2) is 0 Å². The van der Waals surface area contributed by atoms with Gasteiger partial charge in [-0.15, -0.1) is 0 Å². The lowest BCUT2D eigenvalue weighted by Gasteiger charge is -2.34. The van der Waals surface area contributed by atoms with Crippen molar-refractivity contribution in [2.45, 2.75) is 56.5 Å². The lowest BCUT2D eigenvalue weighted by atomic mass is 9.79. The molecule has 3 N–H and O–H groups in total. The highest BCUT2D eigenvalue weighted by Gasteiger charge is 2.65. The summed E-state index contributed by atoms with van der Waals surface area (Å²) in [5, 5.41) is 15.4. The lowest BCUT2D eigenvalue weighted by molar-refractivity contribution is -0.144. The summed E-state index contributed by atoms with van der Waals surface area (Å²) < 4.78 is 5.67. The normalized spacial score (nSPS) is 27.1. The standard InChI is InChI=1S/C28H30N2O5/c31-25(29-18-12-17-13-28(17,14-18)26(32)33)24(16-6-5-7-16)30-27(34)35-15-23-21-10-3-1-8-19(21)20-9-2-4-11-22(20)23/h1-4,8-11,16-18,23-24H,5-7,12-15H2,(H,29,31)(H,30,34)(H,32,33). The molecule has 35 heavy (non-hydrogen) atoms. The smallest absolute Gasteiger partial charge is 0.407 e. The molecule has 0 heterocycles. The summed E-state index contributed by atoms with van der Waals surface area (Å²) in [5.74, 6) is -0.787. The number of ether oxygens (including phenoxy) is 1. The van der Waals surface area contributed by atoms with Gasteiger partial charge in [-0.2, -0.15) is 0 Å². The van der Waals surface area contributed by atoms with Crippen molar-refractivity contribution < 1.29 is 24.2 Å². The van der Waals surface area contributed by atoms with E-state index in [-0.39, 0.29) is 36.3 Å². The Bertz CT molecular complexity index is 1150. The number of hydrogen-bond donors (Lipinski definition) is 3. The second-order valence-electron chi connectivity index (χ2n) is 10.6. The molecular formula is C28H30N2O5. The predicted molar refractivity (Wildman–Crippen MR) is 129 cm³/mol. The van der Waals surface area contributed by atoms with E-state index in [0.717, 1.165) is 41.5 Å². The van der Waals surface area contributed by atoms with Crippen molar-refractivity contribution in [3.8, 4) is 11.1 Å². The molecule has 3 saturated carbocycles. The maximum Gasteiger partial charge on any atom is 0.407 e. The van der Waals surface area contributed by atoms with Crippen LogP contribution >= 0.6 is 0 Å². The number of alkyl carbamates (subject to hydrolysis) is 1. The first-order chi connectivity index (χ1) is 17.0. The molecule has 2 aromatic carbocycles. The van der Waals surface area contributed by atoms with Crippen LogP contribution in [0.1, 0.15) is 55.6 Å². The van der Waals surface area contributed by atoms with Gasteiger partial charge in [-0.05, 0) is 66.2 Å². The van der Waals surface area contributed by atoms with Gasteiger partial charge in [-0.25, -0.2) is 4.79 Å². The number of carboxylic acid groups (broad SMARTS) is 1. The fourth-order valence-corrected chi connectivity index (χ4v) is 6.49. The molecule has 0 aliphatic heterocycles. The Labute approximate surface area is 204 Å². The predicted octanol–water partition coefficient (Wildman–Crippen LogP) is 4.06. The van der Waals surface area contributed by atoms with E-state index in [9.17, 15) is 19.5 Å². The molecule has 0 aromatic heterocycles. The number of benzene rings is 2. The maximum atomic E-state index is 13.1. The van der Waals surface area contributed by atoms with Gasteiger partial charge in [0.2, 0.25) is 5.91 Å². The van der Waals surface area contributed by atoms with E-state index in [2.05, 4.69) is 34.9 Å². The van der Waals surface area contributed by atoms with Crippen molar-refractivity contribution in [3.63, 3.8) is 0 Å². The molecule has 0 saturated heterocycles. The largest absolute Gasteiger partial charge is 0.481 e. The van der Waals surface area contributed by atoms with E-state index >= 15 is 0 Å². The Morgan fingerprint density at radius 1 is 1.00 bits per heavy atom. The second kappa shape index (κ2) is 8.40. The van der Waals surface area contributed by atoms with Crippen molar-refractivity contribution in [3.05, 3.63) is 59.7 Å². The third-order valence-corrected chi connectivity index (χ3v) is 8.70. The Morgan fingerprint density at radius 3 is 2.23 bits per heavy atom. The monoisotopic (exact) mass is 474 g/mol. The summed E-state index contributed by atoms with van der Waals surface area (Å²) in [5.41, 5.74) is 3.96. The molecule has 7 nitrogen and oxygen atoms in total. The number of carboxylic acids is 1. The van der Waals surface area contributed by atoms with Crippen molar-refractivity contribution in [1.29, 1.82) is 0 Å². The Hall–Kier alpha value is -3.35. The van der Waals surface area contributed by atoms with E-state index in [1.807, 2.05) is 24.3 Å². The summed E-state index contributed by atoms with van der Waals surface area (Å²) in [6, 6.07) is 15.5. The first-order valence-corrected chi connectivity index (χ1v) is 12.6. The molecule has 4 aliphatic carbocycles. The van der Waals surface area contributed by atoms with E-state index < -0.39 is 23.5 Å². The van der Waals surface area contributed by atoms with Crippen LogP contribution in [0.3, 0.4) is 0 Å². The number of carbonyl (C=O) groups excluding carboxylic acids is 2. The van der Waals surface area contributed by atoms with Gasteiger partial charge in [-0.3, -0.25) is 9.59 Å². The van der Waals surface area contributed by atoms with Crippen LogP contribution in [0.2, 0.25) is 0 Å². The van der Waals surface area contributed by atoms with Gasteiger partial charge >= 0.3 is 12.1 Å². The van der Waals surface area contributed by atoms with E-state index in [1.54, 1.807) is 0 Å². The summed E-state index contributed by atoms with van der Waals surface area (Å²) in [4.78, 5) is 37.5. The molecule has 3 fully saturated rings. The number of amides is 2. The van der Waals surface area contributed by atoms with Crippen molar-refractivity contribution in [1.82, 2.24) is 10.6 Å². The maximum absolute atomic E-state index is 13.1. The zero-order chi connectivity index (χ0) is 24.2. The summed E-state index contributed by atoms with van der Waals surface area (Å²) in [7, 11) is 0. The number of hydrogen-bond acceptors (Lipinski definition) is 4. The van der Waals surface area contributed by atoms with Crippen LogP contribution < -0.4 is 10.6 Å². The minimum atomic E-state index is -0.758. The van der Waals surface area contributed by atoms with Crippen LogP contribution in [0.25, 0.3) is 11.1 Å². The van der Waals surface area contributed by atoms with Crippen molar-refractivity contribution in [2.75, 3.05) is 6.61 Å². The average molecular weight is 475 g/mol. The third-order valence-electron chi connectivity index (χ3n) is 8.70. The van der Waals surface area contributed by atoms with Crippen LogP contribution in [-0.4, -0.2) is 41.8 Å². The van der Waals surface area contributed by atoms with Gasteiger partial charge in [0, 0.05) is 12.0 Å². The number of nitrogens with one attached hydrogen (secondary N) is 2. The van der Waals surface area contributed by atoms with E-state index in [0.29, 0.717) is 19.3 Å². The molecule has 6 rings (SSSR count). The molecule has 182 valence electrons. The summed E-state index contributed by atoms with van der Waals surface area (Å²) in [6.45, 7) is 0.199. The molecule has 0 radical (unpaired) electrons. The molecule has 2 aromatic rings. The second-order valence-corrected chi connectivity index (χ2v) is 10.6. The topological polar surface area (TPSA) is 105 Å². The minimum absolute atomic E-state index is 0.0402. The van der Waals surface area contributed by atoms with Crippen LogP contribution in [0.4, 0.5) is 4.79 Å². The third kappa shape index (κ3) is 3.77. The molecule has 4 atom stereocenters. The SMILES string of the molecule is O=C(NC(C(=O)NC1CC2CC2(C(=O)O)C1)C1CCC1)OCC1c2ccccc2-c2ccccc21. The van der Waals surface area contributed by atoms with Gasteiger partial charge in [0.05, 0.1) is 5.41 Å². The van der Waals surface area contributed by atoms with Crippen molar-refractivity contribution in [2.24, 2.45) is 17.3 Å². The first-order valence-electron chi connectivity index (χ1n) is 12.6. The van der Waals surface area contributed by atoms with E-state index in [1.165, 1.54) is 0 Å². The molecule has 0 bridgehead atoms. The van der Waals surface area contributed by atoms with Gasteiger partial charge in [0.1, 0.15) is 12.6 Å². The number of fused-ring (bicyclic) bond motifs is 4. The Kier molecular flexibility index (Phi) is 5.31. The first kappa shape index (κ1) is 22.1. The fraction of sp³-hybridized carbons (Fsp3) is 0.464. The highest BCUT2D eigenvalue weighted by Crippen LogP contribution is 2.63. The lowest BCUT2D eigenvalue weighted by Crippen LogP contribution is -2.54. The molecule has 4 unspecified atom stereocenters. The number of rotatable bonds is 7. The molecule has 0 spiro atoms. The van der Waals surface area contributed by atoms with E-state index in [4.69, 9.17) is 4.74 Å². The van der Waals surface area contributed by atoms with Crippen molar-refractivity contribution >= 4 is 18.0 Å². The minimum Gasteiger partial charge on any atom is -0.481 e. The highest BCUT2D eigenvalue weighted by atomic mass is 16.5.